The molecule has 0 aliphatic carbocycles. The third kappa shape index (κ3) is 4.34. The number of hydrogen-bond donors (Lipinski definition) is 1. The Hall–Kier alpha value is -1.61. The minimum absolute atomic E-state index is 0.105. The second kappa shape index (κ2) is 6.97. The average Bonchev–Trinajstić information content (AvgIpc) is 2.32. The van der Waals surface area contributed by atoms with E-state index in [1.165, 1.54) is 0 Å². The lowest BCUT2D eigenvalue weighted by molar-refractivity contribution is -0.119. The summed E-state index contributed by atoms with van der Waals surface area (Å²) < 4.78 is 26.4. The highest BCUT2D eigenvalue weighted by Gasteiger charge is 2.14. The Labute approximate surface area is 108 Å². The van der Waals surface area contributed by atoms with Crippen LogP contribution in [0.1, 0.15) is 18.5 Å². The van der Waals surface area contributed by atoms with Gasteiger partial charge in [0.05, 0.1) is 23.6 Å². The third-order valence-electron chi connectivity index (χ3n) is 2.20. The van der Waals surface area contributed by atoms with Gasteiger partial charge in [0.15, 0.2) is 0 Å². The topological polar surface area (TPSA) is 52.9 Å². The summed E-state index contributed by atoms with van der Waals surface area (Å²) in [4.78, 5) is 11.4. The highest BCUT2D eigenvalue weighted by atomic mass is 32.2. The van der Waals surface area contributed by atoms with Crippen LogP contribution in [-0.4, -0.2) is 17.4 Å². The van der Waals surface area contributed by atoms with Crippen molar-refractivity contribution >= 4 is 17.7 Å². The van der Waals surface area contributed by atoms with Crippen LogP contribution in [0.2, 0.25) is 0 Å². The SMILES string of the molecule is CC(NC(=O)CSCC#N)c1cc(F)ccc1F. The van der Waals surface area contributed by atoms with E-state index in [4.69, 9.17) is 5.26 Å². The van der Waals surface area contributed by atoms with Gasteiger partial charge in [-0.05, 0) is 25.1 Å². The van der Waals surface area contributed by atoms with Crippen molar-refractivity contribution in [3.63, 3.8) is 0 Å². The summed E-state index contributed by atoms with van der Waals surface area (Å²) in [5.41, 5.74) is 0.105. The Morgan fingerprint density at radius 3 is 2.94 bits per heavy atom. The fourth-order valence-corrected chi connectivity index (χ4v) is 1.86. The number of halogens is 2. The third-order valence-corrected chi connectivity index (χ3v) is 3.00. The number of nitrogens with one attached hydrogen (secondary N) is 1. The van der Waals surface area contributed by atoms with Crippen molar-refractivity contribution in [2.45, 2.75) is 13.0 Å². The molecule has 6 heteroatoms. The number of amides is 1. The Bertz CT molecular complexity index is 474. The van der Waals surface area contributed by atoms with Gasteiger partial charge in [-0.1, -0.05) is 0 Å². The molecule has 96 valence electrons. The number of nitriles is 1. The molecular weight excluding hydrogens is 258 g/mol. The van der Waals surface area contributed by atoms with E-state index in [-0.39, 0.29) is 23.0 Å². The van der Waals surface area contributed by atoms with Gasteiger partial charge in [0.25, 0.3) is 0 Å². The number of carbonyl (C=O) groups is 1. The molecule has 3 nitrogen and oxygen atoms in total. The van der Waals surface area contributed by atoms with Crippen LogP contribution in [0.15, 0.2) is 18.2 Å². The lowest BCUT2D eigenvalue weighted by atomic mass is 10.1. The Kier molecular flexibility index (Phi) is 5.59. The molecule has 0 spiro atoms. The zero-order chi connectivity index (χ0) is 13.5. The van der Waals surface area contributed by atoms with Crippen LogP contribution in [0.5, 0.6) is 0 Å². The summed E-state index contributed by atoms with van der Waals surface area (Å²) in [7, 11) is 0. The van der Waals surface area contributed by atoms with Gasteiger partial charge in [-0.2, -0.15) is 5.26 Å². The van der Waals surface area contributed by atoms with Crippen LogP contribution in [-0.2, 0) is 4.79 Å². The molecule has 1 amide bonds. The molecule has 1 N–H and O–H groups in total. The molecular formula is C12H12F2N2OS. The number of thioether (sulfide) groups is 1. The predicted molar refractivity (Wildman–Crippen MR) is 65.9 cm³/mol. The van der Waals surface area contributed by atoms with Gasteiger partial charge in [-0.25, -0.2) is 8.78 Å². The van der Waals surface area contributed by atoms with Crippen molar-refractivity contribution in [1.82, 2.24) is 5.32 Å². The number of hydrogen-bond acceptors (Lipinski definition) is 3. The Morgan fingerprint density at radius 2 is 2.28 bits per heavy atom. The van der Waals surface area contributed by atoms with Gasteiger partial charge >= 0.3 is 0 Å². The molecule has 0 aliphatic rings. The first-order valence-electron chi connectivity index (χ1n) is 5.23. The number of rotatable bonds is 5. The summed E-state index contributed by atoms with van der Waals surface area (Å²) in [6.45, 7) is 1.57. The van der Waals surface area contributed by atoms with Gasteiger partial charge in [-0.15, -0.1) is 11.8 Å². The van der Waals surface area contributed by atoms with Crippen molar-refractivity contribution in [2.75, 3.05) is 11.5 Å². The Balaban J connectivity index is 2.59. The van der Waals surface area contributed by atoms with Crippen LogP contribution in [0.4, 0.5) is 8.78 Å². The predicted octanol–water partition coefficient (Wildman–Crippen LogP) is 2.40. The summed E-state index contributed by atoms with van der Waals surface area (Å²) in [6.07, 6.45) is 0. The molecule has 1 aromatic rings. The minimum Gasteiger partial charge on any atom is -0.349 e. The van der Waals surface area contributed by atoms with Crippen LogP contribution < -0.4 is 5.32 Å². The van der Waals surface area contributed by atoms with Crippen molar-refractivity contribution < 1.29 is 13.6 Å². The van der Waals surface area contributed by atoms with E-state index in [1.54, 1.807) is 6.92 Å². The Morgan fingerprint density at radius 1 is 1.56 bits per heavy atom. The molecule has 1 atom stereocenters. The smallest absolute Gasteiger partial charge is 0.230 e. The van der Waals surface area contributed by atoms with Crippen molar-refractivity contribution in [1.29, 1.82) is 5.26 Å². The highest BCUT2D eigenvalue weighted by molar-refractivity contribution is 8.00. The second-order valence-electron chi connectivity index (χ2n) is 3.61. The van der Waals surface area contributed by atoms with E-state index in [2.05, 4.69) is 5.32 Å². The van der Waals surface area contributed by atoms with Crippen LogP contribution in [0.3, 0.4) is 0 Å². The summed E-state index contributed by atoms with van der Waals surface area (Å²) in [6, 6.07) is 4.39. The first-order chi connectivity index (χ1) is 8.54. The number of benzene rings is 1. The molecule has 0 saturated carbocycles. The molecule has 0 heterocycles. The van der Waals surface area contributed by atoms with E-state index in [0.29, 0.717) is 0 Å². The van der Waals surface area contributed by atoms with E-state index >= 15 is 0 Å². The van der Waals surface area contributed by atoms with Gasteiger partial charge in [0, 0.05) is 5.56 Å². The van der Waals surface area contributed by atoms with Gasteiger partial charge in [-0.3, -0.25) is 4.79 Å². The van der Waals surface area contributed by atoms with Crippen LogP contribution >= 0.6 is 11.8 Å². The molecule has 0 fully saturated rings. The summed E-state index contributed by atoms with van der Waals surface area (Å²) in [5.74, 6) is -1.09. The van der Waals surface area contributed by atoms with Crippen molar-refractivity contribution in [3.05, 3.63) is 35.4 Å². The molecule has 0 aromatic heterocycles. The molecule has 1 unspecified atom stereocenters. The average molecular weight is 270 g/mol. The normalized spacial score (nSPS) is 11.7. The zero-order valence-electron chi connectivity index (χ0n) is 9.74. The monoisotopic (exact) mass is 270 g/mol. The number of carbonyl (C=O) groups excluding carboxylic acids is 1. The molecule has 18 heavy (non-hydrogen) atoms. The highest BCUT2D eigenvalue weighted by Crippen LogP contribution is 2.18. The van der Waals surface area contributed by atoms with Gasteiger partial charge in [0.1, 0.15) is 11.6 Å². The second-order valence-corrected chi connectivity index (χ2v) is 4.59. The summed E-state index contributed by atoms with van der Waals surface area (Å²) >= 11 is 1.16. The lowest BCUT2D eigenvalue weighted by Gasteiger charge is -2.14. The van der Waals surface area contributed by atoms with E-state index in [0.717, 1.165) is 30.0 Å². The first-order valence-corrected chi connectivity index (χ1v) is 6.39. The molecule has 0 aliphatic heterocycles. The van der Waals surface area contributed by atoms with Crippen LogP contribution in [0.25, 0.3) is 0 Å². The molecule has 0 bridgehead atoms. The zero-order valence-corrected chi connectivity index (χ0v) is 10.6. The molecule has 0 radical (unpaired) electrons. The largest absolute Gasteiger partial charge is 0.349 e. The number of nitrogens with zero attached hydrogens (tertiary/aromatic N) is 1. The van der Waals surface area contributed by atoms with Crippen molar-refractivity contribution in [3.8, 4) is 6.07 Å². The maximum absolute atomic E-state index is 13.4. The molecule has 1 aromatic carbocycles. The van der Waals surface area contributed by atoms with E-state index in [1.807, 2.05) is 6.07 Å². The molecule has 0 saturated heterocycles. The maximum Gasteiger partial charge on any atom is 0.230 e. The van der Waals surface area contributed by atoms with Gasteiger partial charge < -0.3 is 5.32 Å². The van der Waals surface area contributed by atoms with Crippen LogP contribution in [0, 0.1) is 23.0 Å². The minimum atomic E-state index is -0.615. The fraction of sp³-hybridized carbons (Fsp3) is 0.333. The fourth-order valence-electron chi connectivity index (χ4n) is 1.40. The van der Waals surface area contributed by atoms with Gasteiger partial charge in [0.2, 0.25) is 5.91 Å². The lowest BCUT2D eigenvalue weighted by Crippen LogP contribution is -2.28. The van der Waals surface area contributed by atoms with E-state index in [9.17, 15) is 13.6 Å². The quantitative estimate of drug-likeness (QED) is 0.836. The maximum atomic E-state index is 13.4. The molecule has 1 rings (SSSR count). The van der Waals surface area contributed by atoms with E-state index < -0.39 is 17.7 Å². The van der Waals surface area contributed by atoms with Crippen molar-refractivity contribution in [2.24, 2.45) is 0 Å². The summed E-state index contributed by atoms with van der Waals surface area (Å²) in [5, 5.41) is 10.9. The standard InChI is InChI=1S/C12H12F2N2OS/c1-8(16-12(17)7-18-5-4-15)10-6-9(13)2-3-11(10)14/h2-3,6,8H,5,7H2,1H3,(H,16,17). The first kappa shape index (κ1) is 14.5.